The van der Waals surface area contributed by atoms with E-state index in [0.29, 0.717) is 27.8 Å². The normalized spacial score (nSPS) is 10.5. The fourth-order valence-electron chi connectivity index (χ4n) is 1.66. The Morgan fingerprint density at radius 2 is 2.00 bits per heavy atom. The lowest BCUT2D eigenvalue weighted by Gasteiger charge is -2.17. The van der Waals surface area contributed by atoms with Crippen LogP contribution in [-0.2, 0) is 6.54 Å². The van der Waals surface area contributed by atoms with E-state index in [1.165, 1.54) is 12.1 Å². The molecule has 0 bridgehead atoms. The maximum atomic E-state index is 12.3. The summed E-state index contributed by atoms with van der Waals surface area (Å²) in [7, 11) is 1.73. The number of anilines is 1. The summed E-state index contributed by atoms with van der Waals surface area (Å²) in [5.41, 5.74) is 7.46. The van der Waals surface area contributed by atoms with Crippen LogP contribution in [0, 0.1) is 0 Å². The van der Waals surface area contributed by atoms with Crippen LogP contribution >= 0.6 is 34.5 Å². The third-order valence-corrected chi connectivity index (χ3v) is 4.03. The highest BCUT2D eigenvalue weighted by atomic mass is 35.5. The molecular formula is C13H12Cl2N2OS. The standard InChI is InChI=1S/C13H12Cl2N2OS/c1-17(6-8-2-3-19-7-8)13(18)9-4-10(14)12(16)11(15)5-9/h2-5,7H,6,16H2,1H3. The smallest absolute Gasteiger partial charge is 0.254 e. The van der Waals surface area contributed by atoms with Gasteiger partial charge >= 0.3 is 0 Å². The lowest BCUT2D eigenvalue weighted by atomic mass is 10.1. The third-order valence-electron chi connectivity index (χ3n) is 2.67. The molecule has 0 aliphatic rings. The number of nitrogen functional groups attached to an aromatic ring is 1. The van der Waals surface area contributed by atoms with Crippen molar-refractivity contribution in [3.63, 3.8) is 0 Å². The number of amides is 1. The van der Waals surface area contributed by atoms with Crippen LogP contribution in [-0.4, -0.2) is 17.9 Å². The van der Waals surface area contributed by atoms with Crippen LogP contribution in [0.3, 0.4) is 0 Å². The van der Waals surface area contributed by atoms with Crippen LogP contribution in [0.5, 0.6) is 0 Å². The van der Waals surface area contributed by atoms with Crippen molar-refractivity contribution in [2.45, 2.75) is 6.54 Å². The van der Waals surface area contributed by atoms with Gasteiger partial charge in [-0.05, 0) is 34.5 Å². The Bertz CT molecular complexity index is 576. The first-order chi connectivity index (χ1) is 8.99. The van der Waals surface area contributed by atoms with Crippen molar-refractivity contribution in [3.8, 4) is 0 Å². The van der Waals surface area contributed by atoms with Gasteiger partial charge in [-0.2, -0.15) is 11.3 Å². The van der Waals surface area contributed by atoms with Crippen molar-refractivity contribution in [1.29, 1.82) is 0 Å². The molecule has 0 atom stereocenters. The third kappa shape index (κ3) is 3.21. The molecule has 1 amide bonds. The Hall–Kier alpha value is -1.23. The Balaban J connectivity index is 2.19. The molecule has 100 valence electrons. The molecule has 1 aromatic carbocycles. The van der Waals surface area contributed by atoms with Crippen molar-refractivity contribution >= 4 is 46.1 Å². The summed E-state index contributed by atoms with van der Waals surface area (Å²) in [6, 6.07) is 5.06. The number of rotatable bonds is 3. The van der Waals surface area contributed by atoms with Crippen molar-refractivity contribution < 1.29 is 4.79 Å². The van der Waals surface area contributed by atoms with Gasteiger partial charge in [0.2, 0.25) is 0 Å². The fourth-order valence-corrected chi connectivity index (χ4v) is 2.80. The fraction of sp³-hybridized carbons (Fsp3) is 0.154. The molecule has 3 nitrogen and oxygen atoms in total. The van der Waals surface area contributed by atoms with Crippen LogP contribution in [0.15, 0.2) is 29.0 Å². The number of nitrogens with zero attached hydrogens (tertiary/aromatic N) is 1. The van der Waals surface area contributed by atoms with Gasteiger partial charge in [-0.15, -0.1) is 0 Å². The second-order valence-corrected chi connectivity index (χ2v) is 5.74. The summed E-state index contributed by atoms with van der Waals surface area (Å²) in [6.07, 6.45) is 0. The first-order valence-corrected chi connectivity index (χ1v) is 7.20. The number of thiophene rings is 1. The van der Waals surface area contributed by atoms with Crippen LogP contribution in [0.4, 0.5) is 5.69 Å². The molecule has 2 rings (SSSR count). The second kappa shape index (κ2) is 5.82. The molecular weight excluding hydrogens is 303 g/mol. The van der Waals surface area contributed by atoms with E-state index in [1.54, 1.807) is 23.3 Å². The Morgan fingerprint density at radius 1 is 1.37 bits per heavy atom. The predicted octanol–water partition coefficient (Wildman–Crippen LogP) is 3.91. The lowest BCUT2D eigenvalue weighted by Crippen LogP contribution is -2.26. The molecule has 1 aromatic heterocycles. The average Bonchev–Trinajstić information content (AvgIpc) is 2.87. The van der Waals surface area contributed by atoms with Gasteiger partial charge in [0.1, 0.15) is 0 Å². The molecule has 0 spiro atoms. The van der Waals surface area contributed by atoms with Gasteiger partial charge in [0.15, 0.2) is 0 Å². The minimum Gasteiger partial charge on any atom is -0.396 e. The van der Waals surface area contributed by atoms with Crippen molar-refractivity contribution in [2.75, 3.05) is 12.8 Å². The zero-order chi connectivity index (χ0) is 14.0. The first kappa shape index (κ1) is 14.2. The number of hydrogen-bond donors (Lipinski definition) is 1. The number of hydrogen-bond acceptors (Lipinski definition) is 3. The minimum absolute atomic E-state index is 0.144. The zero-order valence-corrected chi connectivity index (χ0v) is 12.5. The van der Waals surface area contributed by atoms with E-state index in [9.17, 15) is 4.79 Å². The molecule has 0 saturated carbocycles. The summed E-state index contributed by atoms with van der Waals surface area (Å²) < 4.78 is 0. The molecule has 0 aliphatic heterocycles. The molecule has 2 N–H and O–H groups in total. The highest BCUT2D eigenvalue weighted by Crippen LogP contribution is 2.29. The van der Waals surface area contributed by atoms with Gasteiger partial charge in [0.05, 0.1) is 15.7 Å². The number of nitrogens with two attached hydrogens (primary N) is 1. The van der Waals surface area contributed by atoms with E-state index in [2.05, 4.69) is 0 Å². The van der Waals surface area contributed by atoms with Gasteiger partial charge in [-0.25, -0.2) is 0 Å². The molecule has 0 fully saturated rings. The zero-order valence-electron chi connectivity index (χ0n) is 10.2. The van der Waals surface area contributed by atoms with Gasteiger partial charge in [0.25, 0.3) is 5.91 Å². The summed E-state index contributed by atoms with van der Waals surface area (Å²) in [5, 5.41) is 4.57. The predicted molar refractivity (Wildman–Crippen MR) is 81.0 cm³/mol. The Labute approximate surface area is 125 Å². The average molecular weight is 315 g/mol. The van der Waals surface area contributed by atoms with Gasteiger partial charge < -0.3 is 10.6 Å². The molecule has 2 aromatic rings. The van der Waals surface area contributed by atoms with Crippen LogP contribution in [0.1, 0.15) is 15.9 Å². The van der Waals surface area contributed by atoms with E-state index < -0.39 is 0 Å². The second-order valence-electron chi connectivity index (χ2n) is 4.15. The monoisotopic (exact) mass is 314 g/mol. The van der Waals surface area contributed by atoms with Crippen molar-refractivity contribution in [2.24, 2.45) is 0 Å². The summed E-state index contributed by atoms with van der Waals surface area (Å²) in [4.78, 5) is 13.9. The first-order valence-electron chi connectivity index (χ1n) is 5.50. The van der Waals surface area contributed by atoms with Crippen molar-refractivity contribution in [3.05, 3.63) is 50.1 Å². The Kier molecular flexibility index (Phi) is 4.34. The number of carbonyl (C=O) groups excluding carboxylic acids is 1. The summed E-state index contributed by atoms with van der Waals surface area (Å²) in [5.74, 6) is -0.144. The molecule has 0 unspecified atom stereocenters. The minimum atomic E-state index is -0.144. The SMILES string of the molecule is CN(Cc1ccsc1)C(=O)c1cc(Cl)c(N)c(Cl)c1. The van der Waals surface area contributed by atoms with E-state index in [1.807, 2.05) is 16.8 Å². The van der Waals surface area contributed by atoms with Crippen LogP contribution < -0.4 is 5.73 Å². The lowest BCUT2D eigenvalue weighted by molar-refractivity contribution is 0.0785. The van der Waals surface area contributed by atoms with Gasteiger partial charge in [-0.3, -0.25) is 4.79 Å². The number of benzene rings is 1. The van der Waals surface area contributed by atoms with E-state index >= 15 is 0 Å². The van der Waals surface area contributed by atoms with Gasteiger partial charge in [0, 0.05) is 19.2 Å². The molecule has 0 aliphatic carbocycles. The number of carbonyl (C=O) groups is 1. The van der Waals surface area contributed by atoms with Crippen LogP contribution in [0.25, 0.3) is 0 Å². The molecule has 0 radical (unpaired) electrons. The molecule has 0 saturated heterocycles. The maximum Gasteiger partial charge on any atom is 0.254 e. The van der Waals surface area contributed by atoms with E-state index in [-0.39, 0.29) is 5.91 Å². The molecule has 1 heterocycles. The quantitative estimate of drug-likeness (QED) is 0.873. The molecule has 19 heavy (non-hydrogen) atoms. The topological polar surface area (TPSA) is 46.3 Å². The van der Waals surface area contributed by atoms with E-state index in [4.69, 9.17) is 28.9 Å². The number of halogens is 2. The van der Waals surface area contributed by atoms with E-state index in [0.717, 1.165) is 5.56 Å². The Morgan fingerprint density at radius 3 is 2.53 bits per heavy atom. The molecule has 6 heteroatoms. The summed E-state index contributed by atoms with van der Waals surface area (Å²) in [6.45, 7) is 0.544. The highest BCUT2D eigenvalue weighted by Gasteiger charge is 2.15. The van der Waals surface area contributed by atoms with Gasteiger partial charge in [-0.1, -0.05) is 23.2 Å². The largest absolute Gasteiger partial charge is 0.396 e. The van der Waals surface area contributed by atoms with Crippen molar-refractivity contribution in [1.82, 2.24) is 4.90 Å². The highest BCUT2D eigenvalue weighted by molar-refractivity contribution is 7.07. The maximum absolute atomic E-state index is 12.3. The summed E-state index contributed by atoms with van der Waals surface area (Å²) >= 11 is 13.5. The van der Waals surface area contributed by atoms with Crippen LogP contribution in [0.2, 0.25) is 10.0 Å².